The number of anilines is 1. The largest absolute Gasteiger partial charge is 0.324 e. The summed E-state index contributed by atoms with van der Waals surface area (Å²) in [6, 6.07) is 5.07. The molecule has 3 amide bonds. The number of benzene rings is 1. The maximum atomic E-state index is 13.0. The van der Waals surface area contributed by atoms with Gasteiger partial charge in [-0.05, 0) is 62.3 Å². The van der Waals surface area contributed by atoms with E-state index in [2.05, 4.69) is 19.2 Å². The van der Waals surface area contributed by atoms with E-state index >= 15 is 0 Å². The lowest BCUT2D eigenvalue weighted by Crippen LogP contribution is -2.46. The monoisotopic (exact) mass is 473 g/mol. The van der Waals surface area contributed by atoms with E-state index in [4.69, 9.17) is 0 Å². The van der Waals surface area contributed by atoms with Crippen LogP contribution in [-0.4, -0.2) is 54.5 Å². The number of rotatable bonds is 5. The summed E-state index contributed by atoms with van der Waals surface area (Å²) in [5.41, 5.74) is 0.407. The van der Waals surface area contributed by atoms with Crippen molar-refractivity contribution in [1.82, 2.24) is 9.21 Å². The smallest absolute Gasteiger partial charge is 0.247 e. The van der Waals surface area contributed by atoms with E-state index < -0.39 is 22.0 Å². The van der Waals surface area contributed by atoms with Crippen LogP contribution in [0.2, 0.25) is 0 Å². The number of fused-ring (bicyclic) bond motifs is 1. The molecule has 0 bridgehead atoms. The first-order valence-electron chi connectivity index (χ1n) is 11.5. The van der Waals surface area contributed by atoms with Crippen molar-refractivity contribution in [1.29, 1.82) is 0 Å². The van der Waals surface area contributed by atoms with Crippen LogP contribution in [0.25, 0.3) is 0 Å². The molecule has 8 nitrogen and oxygen atoms in total. The SMILES string of the molecule is C[C@@H]1C[C@H](C)CN(S(=O)(=O)c2ccc(NC(=O)[C@H](C)N3C(=O)[C@@H]4CC=CC[C@H]4C3=O)cc2)C1. The highest BCUT2D eigenvalue weighted by Crippen LogP contribution is 2.36. The van der Waals surface area contributed by atoms with Crippen LogP contribution < -0.4 is 5.32 Å². The lowest BCUT2D eigenvalue weighted by Gasteiger charge is -2.34. The highest BCUT2D eigenvalue weighted by Gasteiger charge is 2.50. The number of allylic oxidation sites excluding steroid dienone is 2. The van der Waals surface area contributed by atoms with Crippen LogP contribution in [0, 0.1) is 23.7 Å². The fraction of sp³-hybridized carbons (Fsp3) is 0.542. The van der Waals surface area contributed by atoms with Gasteiger partial charge in [-0.25, -0.2) is 8.42 Å². The Hall–Kier alpha value is -2.52. The van der Waals surface area contributed by atoms with Gasteiger partial charge in [0.05, 0.1) is 16.7 Å². The summed E-state index contributed by atoms with van der Waals surface area (Å²) in [6.45, 7) is 6.64. The van der Waals surface area contributed by atoms with E-state index in [0.29, 0.717) is 43.5 Å². The quantitative estimate of drug-likeness (QED) is 0.523. The highest BCUT2D eigenvalue weighted by molar-refractivity contribution is 7.89. The average molecular weight is 474 g/mol. The lowest BCUT2D eigenvalue weighted by molar-refractivity contribution is -0.146. The lowest BCUT2D eigenvalue weighted by atomic mass is 9.85. The second kappa shape index (κ2) is 9.02. The average Bonchev–Trinajstić information content (AvgIpc) is 3.03. The zero-order valence-corrected chi connectivity index (χ0v) is 20.0. The summed E-state index contributed by atoms with van der Waals surface area (Å²) in [5, 5.41) is 2.70. The third-order valence-corrected chi connectivity index (χ3v) is 8.75. The molecule has 0 saturated carbocycles. The van der Waals surface area contributed by atoms with Crippen LogP contribution in [0.5, 0.6) is 0 Å². The van der Waals surface area contributed by atoms with Gasteiger partial charge in [-0.15, -0.1) is 0 Å². The van der Waals surface area contributed by atoms with Gasteiger partial charge in [0, 0.05) is 18.8 Å². The number of carbonyl (C=O) groups is 3. The van der Waals surface area contributed by atoms with Crippen LogP contribution >= 0.6 is 0 Å². The van der Waals surface area contributed by atoms with Gasteiger partial charge in [-0.3, -0.25) is 19.3 Å². The Balaban J connectivity index is 1.43. The minimum absolute atomic E-state index is 0.177. The topological polar surface area (TPSA) is 104 Å². The molecule has 2 fully saturated rings. The zero-order chi connectivity index (χ0) is 23.9. The minimum atomic E-state index is -3.61. The summed E-state index contributed by atoms with van der Waals surface area (Å²) in [4.78, 5) is 39.5. The maximum absolute atomic E-state index is 13.0. The van der Waals surface area contributed by atoms with Gasteiger partial charge in [-0.2, -0.15) is 4.31 Å². The predicted octanol–water partition coefficient (Wildman–Crippen LogP) is 2.63. The standard InChI is InChI=1S/C24H31N3O5S/c1-15-12-16(2)14-26(13-15)33(31,32)19-10-8-18(9-11-19)25-22(28)17(3)27-23(29)20-6-4-5-7-21(20)24(27)30/h4-5,8-11,15-17,20-21H,6-7,12-14H2,1-3H3,(H,25,28)/t15-,16+,17-,20+,21+/m0/s1. The molecule has 0 aromatic heterocycles. The zero-order valence-electron chi connectivity index (χ0n) is 19.2. The number of amides is 3. The van der Waals surface area contributed by atoms with Gasteiger partial charge in [0.25, 0.3) is 0 Å². The molecule has 9 heteroatoms. The van der Waals surface area contributed by atoms with Gasteiger partial charge in [0.15, 0.2) is 0 Å². The first-order valence-corrected chi connectivity index (χ1v) is 13.0. The predicted molar refractivity (Wildman–Crippen MR) is 123 cm³/mol. The number of imide groups is 1. The first-order chi connectivity index (χ1) is 15.6. The summed E-state index contributed by atoms with van der Waals surface area (Å²) < 4.78 is 27.6. The Morgan fingerprint density at radius 2 is 1.48 bits per heavy atom. The third-order valence-electron chi connectivity index (χ3n) is 6.90. The molecule has 2 saturated heterocycles. The molecule has 4 rings (SSSR count). The van der Waals surface area contributed by atoms with Crippen molar-refractivity contribution in [3.8, 4) is 0 Å². The molecule has 1 N–H and O–H groups in total. The van der Waals surface area contributed by atoms with Crippen molar-refractivity contribution in [2.24, 2.45) is 23.7 Å². The summed E-state index contributed by atoms with van der Waals surface area (Å²) in [6.07, 6.45) is 5.85. The van der Waals surface area contributed by atoms with Crippen molar-refractivity contribution in [3.63, 3.8) is 0 Å². The van der Waals surface area contributed by atoms with Gasteiger partial charge in [-0.1, -0.05) is 26.0 Å². The van der Waals surface area contributed by atoms with E-state index in [1.165, 1.54) is 35.5 Å². The Labute approximate surface area is 195 Å². The van der Waals surface area contributed by atoms with Crippen LogP contribution in [-0.2, 0) is 24.4 Å². The fourth-order valence-electron chi connectivity index (χ4n) is 5.23. The number of likely N-dealkylation sites (tertiary alicyclic amines) is 1. The van der Waals surface area contributed by atoms with E-state index in [-0.39, 0.29) is 28.5 Å². The van der Waals surface area contributed by atoms with Gasteiger partial charge in [0.1, 0.15) is 6.04 Å². The fourth-order valence-corrected chi connectivity index (χ4v) is 6.91. The highest BCUT2D eigenvalue weighted by atomic mass is 32.2. The van der Waals surface area contributed by atoms with Gasteiger partial charge >= 0.3 is 0 Å². The van der Waals surface area contributed by atoms with Gasteiger partial charge in [0.2, 0.25) is 27.7 Å². The van der Waals surface area contributed by atoms with Crippen LogP contribution in [0.1, 0.15) is 40.0 Å². The number of carbonyl (C=O) groups excluding carboxylic acids is 3. The Bertz CT molecular complexity index is 1050. The number of hydrogen-bond acceptors (Lipinski definition) is 5. The third kappa shape index (κ3) is 4.48. The Morgan fingerprint density at radius 3 is 2.00 bits per heavy atom. The molecule has 178 valence electrons. The number of nitrogens with zero attached hydrogens (tertiary/aromatic N) is 2. The molecular weight excluding hydrogens is 442 g/mol. The molecular formula is C24H31N3O5S. The minimum Gasteiger partial charge on any atom is -0.324 e. The number of nitrogens with one attached hydrogen (secondary N) is 1. The van der Waals surface area contributed by atoms with E-state index in [1.54, 1.807) is 0 Å². The molecule has 0 radical (unpaired) electrons. The Kier molecular flexibility index (Phi) is 6.46. The molecule has 1 aliphatic carbocycles. The van der Waals surface area contributed by atoms with Crippen LogP contribution in [0.4, 0.5) is 5.69 Å². The molecule has 2 heterocycles. The number of hydrogen-bond donors (Lipinski definition) is 1. The number of sulfonamides is 1. The summed E-state index contributed by atoms with van der Waals surface area (Å²) in [5.74, 6) is -1.26. The molecule has 1 aromatic rings. The Morgan fingerprint density at radius 1 is 0.970 bits per heavy atom. The number of piperidine rings is 1. The van der Waals surface area contributed by atoms with Crippen molar-refractivity contribution in [2.75, 3.05) is 18.4 Å². The van der Waals surface area contributed by atoms with Crippen molar-refractivity contribution >= 4 is 33.4 Å². The van der Waals surface area contributed by atoms with Crippen LogP contribution in [0.3, 0.4) is 0 Å². The van der Waals surface area contributed by atoms with Crippen molar-refractivity contribution in [3.05, 3.63) is 36.4 Å². The van der Waals surface area contributed by atoms with E-state index in [1.807, 2.05) is 12.2 Å². The van der Waals surface area contributed by atoms with Crippen molar-refractivity contribution < 1.29 is 22.8 Å². The van der Waals surface area contributed by atoms with Crippen LogP contribution in [0.15, 0.2) is 41.3 Å². The van der Waals surface area contributed by atoms with Gasteiger partial charge < -0.3 is 5.32 Å². The normalized spacial score (nSPS) is 29.1. The molecule has 33 heavy (non-hydrogen) atoms. The molecule has 0 unspecified atom stereocenters. The maximum Gasteiger partial charge on any atom is 0.247 e. The van der Waals surface area contributed by atoms with E-state index in [9.17, 15) is 22.8 Å². The van der Waals surface area contributed by atoms with Crippen molar-refractivity contribution in [2.45, 2.75) is 51.0 Å². The second-order valence-corrected chi connectivity index (χ2v) is 11.6. The first kappa shape index (κ1) is 23.6. The molecule has 3 aliphatic rings. The molecule has 2 aliphatic heterocycles. The summed E-state index contributed by atoms with van der Waals surface area (Å²) in [7, 11) is -3.61. The molecule has 0 spiro atoms. The van der Waals surface area contributed by atoms with E-state index in [0.717, 1.165) is 11.3 Å². The second-order valence-electron chi connectivity index (χ2n) is 9.66. The molecule has 5 atom stereocenters. The molecule has 1 aromatic carbocycles. The summed E-state index contributed by atoms with van der Waals surface area (Å²) >= 11 is 0.